The summed E-state index contributed by atoms with van der Waals surface area (Å²) in [6.07, 6.45) is 6.90. The van der Waals surface area contributed by atoms with Gasteiger partial charge in [0.05, 0.1) is 0 Å². The number of allylic oxidation sites excluding steroid dienone is 2. The molecular formula is C54H56N12. The van der Waals surface area contributed by atoms with Gasteiger partial charge in [-0.3, -0.25) is 0 Å². The van der Waals surface area contributed by atoms with E-state index >= 15 is 0 Å². The molecule has 0 amide bonds. The summed E-state index contributed by atoms with van der Waals surface area (Å²) in [5.74, 6) is 2.99. The Labute approximate surface area is 388 Å². The molecule has 3 aliphatic rings. The Balaban J connectivity index is 1.08. The van der Waals surface area contributed by atoms with Gasteiger partial charge in [0.2, 0.25) is 5.96 Å². The number of rotatable bonds is 14. The molecule has 0 saturated carbocycles. The zero-order valence-electron chi connectivity index (χ0n) is 39.1. The SMILES string of the molecule is CCc1ccc(N(c2ccc(N(C)C)cc2)c2ccc(C3=NC4=NC(c5ccc(N(c6ccc(N(C)C)cc6)c6ccc(N(C)C)cc6)cc5NC)=NC5=CC=CC(=N3)N54)c(NC)c2)cc1. The third-order valence-corrected chi connectivity index (χ3v) is 12.0. The summed E-state index contributed by atoms with van der Waals surface area (Å²) >= 11 is 0. The average molecular weight is 873 g/mol. The van der Waals surface area contributed by atoms with Crippen molar-refractivity contribution in [1.82, 2.24) is 4.90 Å². The van der Waals surface area contributed by atoms with Crippen LogP contribution in [0.15, 0.2) is 177 Å². The van der Waals surface area contributed by atoms with E-state index in [1.54, 1.807) is 0 Å². The quantitative estimate of drug-likeness (QED) is 0.112. The highest BCUT2D eigenvalue weighted by atomic mass is 15.4. The summed E-state index contributed by atoms with van der Waals surface area (Å²) < 4.78 is 0. The topological polar surface area (TPSA) is 92.9 Å². The third-order valence-electron chi connectivity index (χ3n) is 12.0. The normalized spacial score (nSPS) is 13.7. The predicted molar refractivity (Wildman–Crippen MR) is 281 cm³/mol. The molecule has 6 aromatic carbocycles. The van der Waals surface area contributed by atoms with Gasteiger partial charge in [-0.05, 0) is 145 Å². The van der Waals surface area contributed by atoms with Crippen molar-refractivity contribution in [3.8, 4) is 0 Å². The Morgan fingerprint density at radius 1 is 0.455 bits per heavy atom. The van der Waals surface area contributed by atoms with Crippen molar-refractivity contribution in [3.63, 3.8) is 0 Å². The first kappa shape index (κ1) is 43.1. The molecule has 0 spiro atoms. The summed E-state index contributed by atoms with van der Waals surface area (Å²) in [7, 11) is 16.2. The van der Waals surface area contributed by atoms with E-state index in [2.05, 4.69) is 218 Å². The van der Waals surface area contributed by atoms with E-state index in [0.717, 1.165) is 80.1 Å². The van der Waals surface area contributed by atoms with E-state index in [0.29, 0.717) is 29.3 Å². The van der Waals surface area contributed by atoms with Crippen molar-refractivity contribution in [2.45, 2.75) is 13.3 Å². The molecule has 3 heterocycles. The lowest BCUT2D eigenvalue weighted by Gasteiger charge is -2.32. The first-order chi connectivity index (χ1) is 32.0. The van der Waals surface area contributed by atoms with E-state index in [4.69, 9.17) is 20.0 Å². The summed E-state index contributed by atoms with van der Waals surface area (Å²) in [6, 6.07) is 47.4. The first-order valence-corrected chi connectivity index (χ1v) is 22.2. The monoisotopic (exact) mass is 872 g/mol. The molecule has 2 N–H and O–H groups in total. The van der Waals surface area contributed by atoms with Gasteiger partial charge in [-0.1, -0.05) is 25.1 Å². The maximum Gasteiger partial charge on any atom is 0.241 e. The lowest BCUT2D eigenvalue weighted by Crippen LogP contribution is -2.41. The number of nitrogens with one attached hydrogen (secondary N) is 2. The zero-order valence-corrected chi connectivity index (χ0v) is 39.1. The van der Waals surface area contributed by atoms with Gasteiger partial charge in [-0.2, -0.15) is 9.98 Å². The van der Waals surface area contributed by atoms with E-state index in [-0.39, 0.29) is 0 Å². The fraction of sp³-hybridized carbons (Fsp3) is 0.185. The number of benzene rings is 6. The number of aryl methyl sites for hydroxylation is 1. The molecular weight excluding hydrogens is 817 g/mol. The molecule has 0 unspecified atom stereocenters. The van der Waals surface area contributed by atoms with Crippen LogP contribution in [0, 0.1) is 0 Å². The van der Waals surface area contributed by atoms with E-state index in [1.165, 1.54) is 5.56 Å². The van der Waals surface area contributed by atoms with Gasteiger partial charge in [-0.15, -0.1) is 0 Å². The third kappa shape index (κ3) is 8.36. The molecule has 0 fully saturated rings. The number of amidine groups is 3. The molecule has 12 heteroatoms. The summed E-state index contributed by atoms with van der Waals surface area (Å²) in [4.78, 5) is 33.3. The van der Waals surface area contributed by atoms with Crippen LogP contribution >= 0.6 is 0 Å². The van der Waals surface area contributed by atoms with Gasteiger partial charge in [0.25, 0.3) is 0 Å². The Morgan fingerprint density at radius 2 is 0.848 bits per heavy atom. The maximum atomic E-state index is 5.15. The van der Waals surface area contributed by atoms with E-state index < -0.39 is 0 Å². The largest absolute Gasteiger partial charge is 0.387 e. The highest BCUT2D eigenvalue weighted by Gasteiger charge is 2.32. The Hall–Kier alpha value is -8.12. The second-order valence-electron chi connectivity index (χ2n) is 16.9. The lowest BCUT2D eigenvalue weighted by molar-refractivity contribution is 0.711. The van der Waals surface area contributed by atoms with Gasteiger partial charge in [0.1, 0.15) is 11.7 Å². The molecule has 12 nitrogen and oxygen atoms in total. The number of anilines is 11. The molecule has 6 aromatic rings. The van der Waals surface area contributed by atoms with Crippen LogP contribution in [0.25, 0.3) is 0 Å². The van der Waals surface area contributed by atoms with Crippen molar-refractivity contribution >= 4 is 86.0 Å². The Bertz CT molecular complexity index is 2890. The number of nitrogens with zero attached hydrogens (tertiary/aromatic N) is 10. The van der Waals surface area contributed by atoms with Crippen LogP contribution in [0.3, 0.4) is 0 Å². The van der Waals surface area contributed by atoms with Crippen LogP contribution < -0.4 is 35.1 Å². The molecule has 66 heavy (non-hydrogen) atoms. The van der Waals surface area contributed by atoms with E-state index in [9.17, 15) is 0 Å². The number of guanidine groups is 1. The van der Waals surface area contributed by atoms with Crippen LogP contribution in [-0.4, -0.2) is 84.7 Å². The minimum atomic E-state index is 0.495. The van der Waals surface area contributed by atoms with Gasteiger partial charge >= 0.3 is 0 Å². The predicted octanol–water partition coefficient (Wildman–Crippen LogP) is 11.2. The average Bonchev–Trinajstić information content (AvgIpc) is 3.34. The summed E-state index contributed by atoms with van der Waals surface area (Å²) in [5, 5.41) is 6.91. The molecule has 0 atom stereocenters. The van der Waals surface area contributed by atoms with Crippen LogP contribution in [-0.2, 0) is 6.42 Å². The minimum Gasteiger partial charge on any atom is -0.387 e. The van der Waals surface area contributed by atoms with Crippen molar-refractivity contribution in [3.05, 3.63) is 174 Å². The summed E-state index contributed by atoms with van der Waals surface area (Å²) in [5.41, 5.74) is 14.3. The molecule has 0 aromatic heterocycles. The molecule has 0 radical (unpaired) electrons. The zero-order chi connectivity index (χ0) is 46.1. The highest BCUT2D eigenvalue weighted by Crippen LogP contribution is 2.41. The molecule has 332 valence electrons. The van der Waals surface area contributed by atoms with Crippen LogP contribution in [0.5, 0.6) is 0 Å². The van der Waals surface area contributed by atoms with Gasteiger partial charge in [-0.25, -0.2) is 14.9 Å². The van der Waals surface area contributed by atoms with Crippen LogP contribution in [0.1, 0.15) is 23.6 Å². The Kier molecular flexibility index (Phi) is 11.9. The number of hydrogen-bond donors (Lipinski definition) is 2. The molecule has 3 aliphatic heterocycles. The Morgan fingerprint density at radius 3 is 1.26 bits per heavy atom. The number of hydrogen-bond acceptors (Lipinski definition) is 12. The molecule has 0 bridgehead atoms. The standard InChI is InChI=1S/C54H56N12/c1-10-36-14-16-40(17-15-36)64(41-24-18-37(19-25-41)61(4)5)44-30-32-46(48(34-44)55-2)52-57-50-12-11-13-51-58-53(60-54(59-52)66(50)51)47-33-31-45(35-49(47)56-3)65(42-26-20-38(21-27-42)62(6)7)43-28-22-39(23-29-43)63(8)9/h11-35,55-56H,10H2,1-9H3. The van der Waals surface area contributed by atoms with E-state index in [1.807, 2.05) is 37.2 Å². The fourth-order valence-corrected chi connectivity index (χ4v) is 8.31. The molecule has 0 saturated heterocycles. The second-order valence-corrected chi connectivity index (χ2v) is 16.9. The van der Waals surface area contributed by atoms with Crippen molar-refractivity contribution in [2.24, 2.45) is 20.0 Å². The maximum absolute atomic E-state index is 5.15. The minimum absolute atomic E-state index is 0.495. The smallest absolute Gasteiger partial charge is 0.241 e. The van der Waals surface area contributed by atoms with Crippen molar-refractivity contribution < 1.29 is 0 Å². The van der Waals surface area contributed by atoms with Gasteiger partial charge in [0, 0.05) is 130 Å². The summed E-state index contributed by atoms with van der Waals surface area (Å²) in [6.45, 7) is 2.18. The molecule has 9 rings (SSSR count). The first-order valence-electron chi connectivity index (χ1n) is 22.2. The second kappa shape index (κ2) is 18.2. The van der Waals surface area contributed by atoms with Crippen molar-refractivity contribution in [1.29, 1.82) is 0 Å². The van der Waals surface area contributed by atoms with Crippen LogP contribution in [0.2, 0.25) is 0 Å². The number of aliphatic imine (C=N–C) groups is 4. The van der Waals surface area contributed by atoms with Gasteiger partial charge in [0.15, 0.2) is 11.7 Å². The highest BCUT2D eigenvalue weighted by molar-refractivity contribution is 6.26. The van der Waals surface area contributed by atoms with Crippen molar-refractivity contribution in [2.75, 3.05) is 91.5 Å². The lowest BCUT2D eigenvalue weighted by atomic mass is 10.1. The van der Waals surface area contributed by atoms with Gasteiger partial charge < -0.3 is 35.1 Å². The fourth-order valence-electron chi connectivity index (χ4n) is 8.31. The van der Waals surface area contributed by atoms with Crippen LogP contribution in [0.4, 0.5) is 62.6 Å². The molecule has 0 aliphatic carbocycles.